The Bertz CT molecular complexity index is 199. The van der Waals surface area contributed by atoms with Crippen molar-refractivity contribution in [3.63, 3.8) is 0 Å². The molecule has 14 heavy (non-hydrogen) atoms. The van der Waals surface area contributed by atoms with Gasteiger partial charge in [0.1, 0.15) is 0 Å². The SMILES string of the molecule is O=C1CNCCN(C2CCCCC2)C1. The molecule has 3 nitrogen and oxygen atoms in total. The lowest BCUT2D eigenvalue weighted by atomic mass is 9.94. The summed E-state index contributed by atoms with van der Waals surface area (Å²) in [6, 6.07) is 0.688. The summed E-state index contributed by atoms with van der Waals surface area (Å²) in [6.07, 6.45) is 6.68. The van der Waals surface area contributed by atoms with Crippen LogP contribution >= 0.6 is 0 Å². The molecule has 2 rings (SSSR count). The van der Waals surface area contributed by atoms with Crippen molar-refractivity contribution < 1.29 is 4.79 Å². The van der Waals surface area contributed by atoms with E-state index in [1.165, 1.54) is 32.1 Å². The molecule has 0 aromatic carbocycles. The highest BCUT2D eigenvalue weighted by Gasteiger charge is 2.23. The van der Waals surface area contributed by atoms with E-state index in [1.807, 2.05) is 0 Å². The van der Waals surface area contributed by atoms with Gasteiger partial charge in [0.15, 0.2) is 5.78 Å². The van der Waals surface area contributed by atoms with Gasteiger partial charge in [0.05, 0.1) is 13.1 Å². The third-order valence-corrected chi connectivity index (χ3v) is 3.37. The lowest BCUT2D eigenvalue weighted by molar-refractivity contribution is -0.119. The summed E-state index contributed by atoms with van der Waals surface area (Å²) in [7, 11) is 0. The van der Waals surface area contributed by atoms with Gasteiger partial charge in [-0.1, -0.05) is 19.3 Å². The Morgan fingerprint density at radius 3 is 2.79 bits per heavy atom. The molecular weight excluding hydrogens is 176 g/mol. The molecule has 1 aliphatic heterocycles. The van der Waals surface area contributed by atoms with E-state index in [4.69, 9.17) is 0 Å². The number of nitrogens with zero attached hydrogens (tertiary/aromatic N) is 1. The summed E-state index contributed by atoms with van der Waals surface area (Å²) in [5, 5.41) is 3.17. The average Bonchev–Trinajstić information content (AvgIpc) is 2.44. The highest BCUT2D eigenvalue weighted by molar-refractivity contribution is 5.82. The summed E-state index contributed by atoms with van der Waals surface area (Å²) in [4.78, 5) is 13.8. The van der Waals surface area contributed by atoms with Crippen molar-refractivity contribution in [1.29, 1.82) is 0 Å². The Balaban J connectivity index is 1.90. The Labute approximate surface area is 85.8 Å². The minimum absolute atomic E-state index is 0.355. The smallest absolute Gasteiger partial charge is 0.160 e. The van der Waals surface area contributed by atoms with Gasteiger partial charge in [-0.15, -0.1) is 0 Å². The second kappa shape index (κ2) is 4.89. The molecule has 0 aromatic heterocycles. The molecule has 0 spiro atoms. The van der Waals surface area contributed by atoms with Gasteiger partial charge in [0.2, 0.25) is 0 Å². The Morgan fingerprint density at radius 2 is 2.00 bits per heavy atom. The number of nitrogens with one attached hydrogen (secondary N) is 1. The number of rotatable bonds is 1. The molecule has 2 aliphatic rings. The number of Topliss-reactive ketones (excluding diaryl/α,β-unsaturated/α-hetero) is 1. The third-order valence-electron chi connectivity index (χ3n) is 3.37. The first-order chi connectivity index (χ1) is 6.86. The van der Waals surface area contributed by atoms with E-state index in [-0.39, 0.29) is 0 Å². The van der Waals surface area contributed by atoms with Crippen LogP contribution in [0.1, 0.15) is 32.1 Å². The zero-order chi connectivity index (χ0) is 9.80. The van der Waals surface area contributed by atoms with Crippen LogP contribution in [0.15, 0.2) is 0 Å². The van der Waals surface area contributed by atoms with E-state index in [1.54, 1.807) is 0 Å². The molecule has 1 saturated heterocycles. The molecular formula is C11H20N2O. The van der Waals surface area contributed by atoms with Crippen LogP contribution in [0.4, 0.5) is 0 Å². The van der Waals surface area contributed by atoms with Crippen molar-refractivity contribution >= 4 is 5.78 Å². The molecule has 1 N–H and O–H groups in total. The van der Waals surface area contributed by atoms with E-state index >= 15 is 0 Å². The number of hydrogen-bond acceptors (Lipinski definition) is 3. The summed E-state index contributed by atoms with van der Waals surface area (Å²) >= 11 is 0. The maximum Gasteiger partial charge on any atom is 0.160 e. The van der Waals surface area contributed by atoms with Crippen LogP contribution in [0.2, 0.25) is 0 Å². The Hall–Kier alpha value is -0.410. The first-order valence-electron chi connectivity index (χ1n) is 5.83. The third kappa shape index (κ3) is 2.55. The first-order valence-corrected chi connectivity index (χ1v) is 5.83. The van der Waals surface area contributed by atoms with Gasteiger partial charge < -0.3 is 5.32 Å². The summed E-state index contributed by atoms with van der Waals surface area (Å²) < 4.78 is 0. The molecule has 2 fully saturated rings. The standard InChI is InChI=1S/C11H20N2O/c14-11-8-12-6-7-13(9-11)10-4-2-1-3-5-10/h10,12H,1-9H2. The zero-order valence-electron chi connectivity index (χ0n) is 8.80. The largest absolute Gasteiger partial charge is 0.309 e. The minimum atomic E-state index is 0.355. The molecule has 0 aromatic rings. The van der Waals surface area contributed by atoms with Gasteiger partial charge in [-0.2, -0.15) is 0 Å². The van der Waals surface area contributed by atoms with E-state index in [0.29, 0.717) is 24.9 Å². The number of carbonyl (C=O) groups excluding carboxylic acids is 1. The molecule has 1 heterocycles. The van der Waals surface area contributed by atoms with Gasteiger partial charge in [-0.25, -0.2) is 0 Å². The quantitative estimate of drug-likeness (QED) is 0.673. The maximum absolute atomic E-state index is 11.4. The van der Waals surface area contributed by atoms with Crippen LogP contribution in [0.3, 0.4) is 0 Å². The summed E-state index contributed by atoms with van der Waals surface area (Å²) in [5.41, 5.74) is 0. The van der Waals surface area contributed by atoms with E-state index in [0.717, 1.165) is 13.1 Å². The normalized spacial score (nSPS) is 27.6. The highest BCUT2D eigenvalue weighted by atomic mass is 16.1. The fourth-order valence-corrected chi connectivity index (χ4v) is 2.57. The van der Waals surface area contributed by atoms with Gasteiger partial charge in [-0.3, -0.25) is 9.69 Å². The van der Waals surface area contributed by atoms with Gasteiger partial charge in [-0.05, 0) is 12.8 Å². The zero-order valence-corrected chi connectivity index (χ0v) is 8.80. The van der Waals surface area contributed by atoms with Crippen LogP contribution in [-0.2, 0) is 4.79 Å². The minimum Gasteiger partial charge on any atom is -0.309 e. The number of hydrogen-bond donors (Lipinski definition) is 1. The van der Waals surface area contributed by atoms with Crippen LogP contribution in [-0.4, -0.2) is 42.9 Å². The van der Waals surface area contributed by atoms with Crippen molar-refractivity contribution in [1.82, 2.24) is 10.2 Å². The monoisotopic (exact) mass is 196 g/mol. The molecule has 0 radical (unpaired) electrons. The second-order valence-corrected chi connectivity index (χ2v) is 4.48. The molecule has 0 amide bonds. The molecule has 1 saturated carbocycles. The maximum atomic E-state index is 11.4. The highest BCUT2D eigenvalue weighted by Crippen LogP contribution is 2.22. The van der Waals surface area contributed by atoms with Crippen molar-refractivity contribution in [2.24, 2.45) is 0 Å². The molecule has 0 bridgehead atoms. The van der Waals surface area contributed by atoms with Crippen molar-refractivity contribution in [2.45, 2.75) is 38.1 Å². The van der Waals surface area contributed by atoms with Gasteiger partial charge >= 0.3 is 0 Å². The lowest BCUT2D eigenvalue weighted by Gasteiger charge is -2.32. The summed E-state index contributed by atoms with van der Waals surface area (Å²) in [6.45, 7) is 3.28. The predicted octanol–water partition coefficient (Wildman–Crippen LogP) is 0.793. The number of ketones is 1. The molecule has 1 aliphatic carbocycles. The van der Waals surface area contributed by atoms with Crippen molar-refractivity contribution in [3.8, 4) is 0 Å². The van der Waals surface area contributed by atoms with Gasteiger partial charge in [0.25, 0.3) is 0 Å². The first kappa shape index (κ1) is 10.1. The lowest BCUT2D eigenvalue weighted by Crippen LogP contribution is -2.40. The van der Waals surface area contributed by atoms with E-state index < -0.39 is 0 Å². The number of carbonyl (C=O) groups is 1. The Kier molecular flexibility index (Phi) is 3.54. The van der Waals surface area contributed by atoms with Crippen LogP contribution in [0, 0.1) is 0 Å². The van der Waals surface area contributed by atoms with Gasteiger partial charge in [0, 0.05) is 19.1 Å². The van der Waals surface area contributed by atoms with Crippen LogP contribution < -0.4 is 5.32 Å². The van der Waals surface area contributed by atoms with Crippen LogP contribution in [0.5, 0.6) is 0 Å². The fraction of sp³-hybridized carbons (Fsp3) is 0.909. The van der Waals surface area contributed by atoms with Crippen molar-refractivity contribution in [2.75, 3.05) is 26.2 Å². The second-order valence-electron chi connectivity index (χ2n) is 4.48. The molecule has 0 atom stereocenters. The van der Waals surface area contributed by atoms with E-state index in [2.05, 4.69) is 10.2 Å². The molecule has 0 unspecified atom stereocenters. The van der Waals surface area contributed by atoms with Crippen LogP contribution in [0.25, 0.3) is 0 Å². The molecule has 80 valence electrons. The average molecular weight is 196 g/mol. The topological polar surface area (TPSA) is 32.3 Å². The van der Waals surface area contributed by atoms with E-state index in [9.17, 15) is 4.79 Å². The van der Waals surface area contributed by atoms with Crippen molar-refractivity contribution in [3.05, 3.63) is 0 Å². The Morgan fingerprint density at radius 1 is 1.21 bits per heavy atom. The summed E-state index contributed by atoms with van der Waals surface area (Å²) in [5.74, 6) is 0.355. The molecule has 3 heteroatoms. The fourth-order valence-electron chi connectivity index (χ4n) is 2.57. The predicted molar refractivity (Wildman–Crippen MR) is 56.3 cm³/mol.